The molecular weight excluding hydrogens is 440 g/mol. The Bertz CT molecular complexity index is 683. The van der Waals surface area contributed by atoms with Gasteiger partial charge in [-0.25, -0.2) is 39.0 Å². The molecule has 190 valence electrons. The lowest BCUT2D eigenvalue weighted by Gasteiger charge is -2.24. The molecule has 4 amide bonds. The fourth-order valence-corrected chi connectivity index (χ4v) is 3.27. The first-order chi connectivity index (χ1) is 16.6. The van der Waals surface area contributed by atoms with Gasteiger partial charge in [-0.3, -0.25) is 5.32 Å². The van der Waals surface area contributed by atoms with Crippen LogP contribution in [0, 0.1) is 0 Å². The van der Waals surface area contributed by atoms with Gasteiger partial charge in [0.1, 0.15) is 0 Å². The van der Waals surface area contributed by atoms with Crippen molar-refractivity contribution in [2.75, 3.05) is 32.7 Å². The van der Waals surface area contributed by atoms with Crippen LogP contribution in [0.2, 0.25) is 0 Å². The topological polar surface area (TPSA) is 141 Å². The Kier molecular flexibility index (Phi) is 20.9. The maximum atomic E-state index is 12.8. The van der Waals surface area contributed by atoms with Gasteiger partial charge in [-0.15, -0.1) is 0 Å². The van der Waals surface area contributed by atoms with Gasteiger partial charge in [0.15, 0.2) is 0 Å². The molecule has 1 N–H and O–H groups in total. The Morgan fingerprint density at radius 1 is 0.647 bits per heavy atom. The first-order valence-electron chi connectivity index (χ1n) is 12.1. The second-order valence-corrected chi connectivity index (χ2v) is 7.87. The molecule has 0 unspecified atom stereocenters. The molecule has 0 saturated heterocycles. The number of aliphatic imine (C=N–C) groups is 2. The smallest absolute Gasteiger partial charge is 0.324 e. The molecule has 0 aromatic heterocycles. The summed E-state index contributed by atoms with van der Waals surface area (Å²) in [6.45, 7) is 4.14. The molecular formula is C23H38N6O5. The van der Waals surface area contributed by atoms with Gasteiger partial charge in [-0.05, 0) is 32.1 Å². The molecule has 0 spiro atoms. The van der Waals surface area contributed by atoms with Gasteiger partial charge in [-0.1, -0.05) is 57.0 Å². The minimum Gasteiger partial charge on any atom is -0.324 e. The minimum absolute atomic E-state index is 0.237. The Balaban J connectivity index is 4.73. The highest BCUT2D eigenvalue weighted by molar-refractivity contribution is 5.93. The molecule has 0 rings (SSSR count). The Labute approximate surface area is 201 Å². The molecule has 11 heteroatoms. The lowest BCUT2D eigenvalue weighted by Crippen LogP contribution is -2.48. The van der Waals surface area contributed by atoms with Gasteiger partial charge >= 0.3 is 12.1 Å². The molecule has 11 nitrogen and oxygen atoms in total. The van der Waals surface area contributed by atoms with Crippen LogP contribution in [0.3, 0.4) is 0 Å². The fourth-order valence-electron chi connectivity index (χ4n) is 3.27. The summed E-state index contributed by atoms with van der Waals surface area (Å²) in [5.74, 6) is 0. The van der Waals surface area contributed by atoms with Crippen LogP contribution in [0.15, 0.2) is 15.1 Å². The fraction of sp³-hybridized carbons (Fsp3) is 0.783. The summed E-state index contributed by atoms with van der Waals surface area (Å²) in [7, 11) is 0. The molecule has 0 aliphatic heterocycles. The largest absolute Gasteiger partial charge is 0.346 e. The monoisotopic (exact) mass is 478 g/mol. The molecule has 0 atom stereocenters. The summed E-state index contributed by atoms with van der Waals surface area (Å²) in [6, 6.07) is -1.27. The van der Waals surface area contributed by atoms with E-state index in [1.165, 1.54) is 18.2 Å². The lowest BCUT2D eigenvalue weighted by atomic mass is 10.1. The molecule has 0 saturated carbocycles. The summed E-state index contributed by atoms with van der Waals surface area (Å²) in [5.41, 5.74) is 0. The predicted molar refractivity (Wildman–Crippen MR) is 127 cm³/mol. The van der Waals surface area contributed by atoms with Crippen LogP contribution in [0.4, 0.5) is 9.59 Å². The van der Waals surface area contributed by atoms with Gasteiger partial charge in [0.25, 0.3) is 6.08 Å². The average molecular weight is 479 g/mol. The van der Waals surface area contributed by atoms with E-state index in [1.807, 2.05) is 0 Å². The van der Waals surface area contributed by atoms with Crippen LogP contribution >= 0.6 is 0 Å². The summed E-state index contributed by atoms with van der Waals surface area (Å²) in [6.07, 6.45) is 14.5. The zero-order valence-electron chi connectivity index (χ0n) is 20.3. The second kappa shape index (κ2) is 23.1. The first kappa shape index (κ1) is 30.9. The molecule has 0 aliphatic carbocycles. The van der Waals surface area contributed by atoms with Gasteiger partial charge in [0.2, 0.25) is 12.2 Å². The highest BCUT2D eigenvalue weighted by atomic mass is 16.2. The number of hydrazone groups is 1. The van der Waals surface area contributed by atoms with Crippen LogP contribution in [0.1, 0.15) is 84.0 Å². The summed E-state index contributed by atoms with van der Waals surface area (Å²) >= 11 is 0. The molecule has 0 fully saturated rings. The number of nitrogens with one attached hydrogen (secondary N) is 1. The van der Waals surface area contributed by atoms with E-state index in [9.17, 15) is 24.0 Å². The van der Waals surface area contributed by atoms with Crippen LogP contribution in [0.5, 0.6) is 0 Å². The third-order valence-corrected chi connectivity index (χ3v) is 5.15. The number of carbonyl (C=O) groups is 2. The molecule has 0 aromatic rings. The van der Waals surface area contributed by atoms with E-state index in [-0.39, 0.29) is 6.54 Å². The van der Waals surface area contributed by atoms with Gasteiger partial charge in [0, 0.05) is 19.6 Å². The Morgan fingerprint density at radius 3 is 1.65 bits per heavy atom. The van der Waals surface area contributed by atoms with E-state index in [0.717, 1.165) is 75.6 Å². The maximum Gasteiger partial charge on any atom is 0.346 e. The van der Waals surface area contributed by atoms with Gasteiger partial charge < -0.3 is 4.90 Å². The predicted octanol–water partition coefficient (Wildman–Crippen LogP) is 4.04. The van der Waals surface area contributed by atoms with E-state index in [2.05, 4.69) is 27.3 Å². The summed E-state index contributed by atoms with van der Waals surface area (Å²) in [4.78, 5) is 64.8. The zero-order chi connectivity index (χ0) is 25.3. The van der Waals surface area contributed by atoms with Crippen molar-refractivity contribution in [3.05, 3.63) is 0 Å². The van der Waals surface area contributed by atoms with Crippen molar-refractivity contribution in [1.29, 1.82) is 0 Å². The minimum atomic E-state index is -0.742. The first-order valence-corrected chi connectivity index (χ1v) is 12.1. The number of amides is 4. The van der Waals surface area contributed by atoms with Crippen molar-refractivity contribution in [2.24, 2.45) is 15.1 Å². The van der Waals surface area contributed by atoms with Crippen LogP contribution < -0.4 is 5.32 Å². The van der Waals surface area contributed by atoms with Crippen molar-refractivity contribution in [1.82, 2.24) is 15.2 Å². The zero-order valence-corrected chi connectivity index (χ0v) is 20.3. The number of hydrogen-bond acceptors (Lipinski definition) is 8. The van der Waals surface area contributed by atoms with Crippen LogP contribution in [-0.4, -0.2) is 72.9 Å². The maximum absolute atomic E-state index is 12.8. The number of isocyanates is 3. The molecule has 0 aliphatic rings. The number of imide groups is 1. The second-order valence-electron chi connectivity index (χ2n) is 7.87. The quantitative estimate of drug-likeness (QED) is 0.122. The van der Waals surface area contributed by atoms with Crippen molar-refractivity contribution < 1.29 is 24.0 Å². The van der Waals surface area contributed by atoms with Crippen LogP contribution in [-0.2, 0) is 14.4 Å². The number of nitrogens with zero attached hydrogens (tertiary/aromatic N) is 5. The Hall–Kier alpha value is -3.12. The number of urea groups is 2. The van der Waals surface area contributed by atoms with Crippen molar-refractivity contribution in [3.8, 4) is 0 Å². The van der Waals surface area contributed by atoms with Gasteiger partial charge in [0.05, 0.1) is 13.1 Å². The number of hydrogen-bond donors (Lipinski definition) is 1. The highest BCUT2D eigenvalue weighted by Gasteiger charge is 2.20. The molecule has 34 heavy (non-hydrogen) atoms. The third kappa shape index (κ3) is 17.4. The van der Waals surface area contributed by atoms with E-state index in [4.69, 9.17) is 0 Å². The van der Waals surface area contributed by atoms with E-state index in [0.29, 0.717) is 32.6 Å². The standard InChI is InChI=1S/C23H38N6O5/c1-2-3-4-13-18-29(26-21-32)23(34)27-22(33)28(16-11-7-5-9-14-24-19-30)17-12-8-6-10-15-25-20-31/h2-18H2,1H3,(H,27,33,34). The normalized spacial score (nSPS) is 9.79. The third-order valence-electron chi connectivity index (χ3n) is 5.15. The SMILES string of the molecule is CCCCCCN(N=C=O)C(=O)NC(=O)N(CCCCCCN=C=O)CCCCCCN=C=O. The summed E-state index contributed by atoms with van der Waals surface area (Å²) in [5, 5.41) is 6.70. The summed E-state index contributed by atoms with van der Waals surface area (Å²) < 4.78 is 0. The number of rotatable bonds is 20. The van der Waals surface area contributed by atoms with E-state index < -0.39 is 12.1 Å². The Morgan fingerprint density at radius 2 is 1.15 bits per heavy atom. The molecule has 0 radical (unpaired) electrons. The number of carbonyl (C=O) groups excluding carboxylic acids is 5. The molecule has 0 bridgehead atoms. The molecule has 0 heterocycles. The van der Waals surface area contributed by atoms with Crippen molar-refractivity contribution in [2.45, 2.75) is 84.0 Å². The lowest BCUT2D eigenvalue weighted by molar-refractivity contribution is 0.178. The van der Waals surface area contributed by atoms with Gasteiger partial charge in [-0.2, -0.15) is 0 Å². The van der Waals surface area contributed by atoms with E-state index >= 15 is 0 Å². The van der Waals surface area contributed by atoms with Crippen molar-refractivity contribution >= 4 is 30.3 Å². The molecule has 0 aromatic carbocycles. The van der Waals surface area contributed by atoms with Crippen molar-refractivity contribution in [3.63, 3.8) is 0 Å². The van der Waals surface area contributed by atoms with E-state index in [1.54, 1.807) is 4.90 Å². The number of unbranched alkanes of at least 4 members (excludes halogenated alkanes) is 9. The van der Waals surface area contributed by atoms with Crippen LogP contribution in [0.25, 0.3) is 0 Å². The highest BCUT2D eigenvalue weighted by Crippen LogP contribution is 2.07. The average Bonchev–Trinajstić information content (AvgIpc) is 2.83.